The van der Waals surface area contributed by atoms with Gasteiger partial charge in [0.25, 0.3) is 11.6 Å². The van der Waals surface area contributed by atoms with E-state index in [-0.39, 0.29) is 23.0 Å². The molecule has 0 spiro atoms. The van der Waals surface area contributed by atoms with Crippen molar-refractivity contribution >= 4 is 34.8 Å². The Morgan fingerprint density at radius 1 is 1.22 bits per heavy atom. The summed E-state index contributed by atoms with van der Waals surface area (Å²) in [5.74, 6) is -0.821. The first kappa shape index (κ1) is 20.4. The Balaban J connectivity index is 2.11. The third kappa shape index (κ3) is 4.83. The van der Waals surface area contributed by atoms with E-state index in [4.69, 9.17) is 11.6 Å². The maximum atomic E-state index is 12.4. The van der Waals surface area contributed by atoms with Gasteiger partial charge in [0.1, 0.15) is 5.56 Å². The molecule has 2 rings (SSSR count). The molecule has 0 saturated carbocycles. The Bertz CT molecular complexity index is 883. The molecule has 0 bridgehead atoms. The van der Waals surface area contributed by atoms with E-state index in [9.17, 15) is 19.7 Å². The molecule has 7 nitrogen and oxygen atoms in total. The Morgan fingerprint density at radius 3 is 2.52 bits per heavy atom. The van der Waals surface area contributed by atoms with E-state index in [1.807, 2.05) is 18.2 Å². The Hall–Kier alpha value is -2.93. The molecular formula is C19H20ClN3O4. The van der Waals surface area contributed by atoms with E-state index < -0.39 is 16.5 Å². The molecule has 0 aliphatic carbocycles. The molecule has 2 aromatic carbocycles. The second-order valence-corrected chi connectivity index (χ2v) is 6.68. The lowest BCUT2D eigenvalue weighted by Crippen LogP contribution is -2.38. The highest BCUT2D eigenvalue weighted by Crippen LogP contribution is 2.26. The Labute approximate surface area is 162 Å². The molecule has 2 aromatic rings. The molecule has 0 aliphatic rings. The van der Waals surface area contributed by atoms with Crippen LogP contribution in [0.4, 0.5) is 11.4 Å². The average molecular weight is 390 g/mol. The van der Waals surface area contributed by atoms with Crippen molar-refractivity contribution in [3.63, 3.8) is 0 Å². The van der Waals surface area contributed by atoms with Crippen molar-refractivity contribution in [1.82, 2.24) is 5.32 Å². The van der Waals surface area contributed by atoms with E-state index in [0.29, 0.717) is 11.6 Å². The maximum Gasteiger partial charge on any atom is 0.283 e. The molecule has 0 heterocycles. The van der Waals surface area contributed by atoms with Gasteiger partial charge in [0.2, 0.25) is 5.91 Å². The van der Waals surface area contributed by atoms with Crippen molar-refractivity contribution in [3.05, 3.63) is 68.7 Å². The smallest absolute Gasteiger partial charge is 0.283 e. The van der Waals surface area contributed by atoms with Crippen LogP contribution < -0.4 is 10.2 Å². The molecule has 2 amide bonds. The number of nitro benzene ring substituents is 1. The molecule has 1 N–H and O–H groups in total. The highest BCUT2D eigenvalue weighted by Gasteiger charge is 2.24. The van der Waals surface area contributed by atoms with E-state index in [1.165, 1.54) is 23.1 Å². The molecule has 0 aliphatic heterocycles. The van der Waals surface area contributed by atoms with Crippen LogP contribution in [-0.2, 0) is 4.79 Å². The van der Waals surface area contributed by atoms with Gasteiger partial charge in [0.15, 0.2) is 0 Å². The Kier molecular flexibility index (Phi) is 6.52. The van der Waals surface area contributed by atoms with Crippen LogP contribution in [0.25, 0.3) is 0 Å². The summed E-state index contributed by atoms with van der Waals surface area (Å²) in [4.78, 5) is 36.6. The number of hydrogen-bond acceptors (Lipinski definition) is 4. The van der Waals surface area contributed by atoms with Crippen molar-refractivity contribution in [2.45, 2.75) is 19.8 Å². The standard InChI is InChI=1S/C19H20ClN3O4/c1-12(2)13-6-4-7-14(10-13)22(3)17(24)11-21-19(25)18-15(20)8-5-9-16(18)23(26)27/h4-10,12H,11H2,1-3H3,(H,21,25). The number of carbonyl (C=O) groups excluding carboxylic acids is 2. The highest BCUT2D eigenvalue weighted by molar-refractivity contribution is 6.34. The minimum Gasteiger partial charge on any atom is -0.343 e. The van der Waals surface area contributed by atoms with Gasteiger partial charge >= 0.3 is 0 Å². The van der Waals surface area contributed by atoms with E-state index in [0.717, 1.165) is 5.56 Å². The van der Waals surface area contributed by atoms with Crippen molar-refractivity contribution < 1.29 is 14.5 Å². The first-order valence-electron chi connectivity index (χ1n) is 8.30. The molecule has 0 atom stereocenters. The number of anilines is 1. The number of nitrogens with zero attached hydrogens (tertiary/aromatic N) is 2. The number of nitro groups is 1. The van der Waals surface area contributed by atoms with Crippen molar-refractivity contribution in [2.75, 3.05) is 18.5 Å². The summed E-state index contributed by atoms with van der Waals surface area (Å²) in [6.45, 7) is 3.79. The second kappa shape index (κ2) is 8.64. The fourth-order valence-corrected chi connectivity index (χ4v) is 2.74. The number of rotatable bonds is 6. The number of benzene rings is 2. The summed E-state index contributed by atoms with van der Waals surface area (Å²) in [7, 11) is 1.60. The molecule has 0 saturated heterocycles. The lowest BCUT2D eigenvalue weighted by Gasteiger charge is -2.19. The van der Waals surface area contributed by atoms with E-state index in [2.05, 4.69) is 19.2 Å². The normalized spacial score (nSPS) is 10.6. The van der Waals surface area contributed by atoms with Gasteiger partial charge in [-0.25, -0.2) is 0 Å². The molecule has 142 valence electrons. The quantitative estimate of drug-likeness (QED) is 0.601. The zero-order valence-electron chi connectivity index (χ0n) is 15.2. The van der Waals surface area contributed by atoms with Gasteiger partial charge in [-0.3, -0.25) is 19.7 Å². The minimum absolute atomic E-state index is 0.0489. The molecule has 27 heavy (non-hydrogen) atoms. The number of hydrogen-bond donors (Lipinski definition) is 1. The summed E-state index contributed by atoms with van der Waals surface area (Å²) in [5.41, 5.74) is 1.11. The number of halogens is 1. The molecule has 0 aromatic heterocycles. The third-order valence-electron chi connectivity index (χ3n) is 4.11. The SMILES string of the molecule is CC(C)c1cccc(N(C)C(=O)CNC(=O)c2c(Cl)cccc2[N+](=O)[O-])c1. The molecule has 0 radical (unpaired) electrons. The topological polar surface area (TPSA) is 92.6 Å². The maximum absolute atomic E-state index is 12.4. The third-order valence-corrected chi connectivity index (χ3v) is 4.43. The van der Waals surface area contributed by atoms with Crippen LogP contribution in [0.1, 0.15) is 35.7 Å². The van der Waals surface area contributed by atoms with Crippen LogP contribution in [0.3, 0.4) is 0 Å². The number of carbonyl (C=O) groups is 2. The Morgan fingerprint density at radius 2 is 1.89 bits per heavy atom. The van der Waals surface area contributed by atoms with Gasteiger partial charge in [0, 0.05) is 18.8 Å². The van der Waals surface area contributed by atoms with Crippen molar-refractivity contribution in [1.29, 1.82) is 0 Å². The lowest BCUT2D eigenvalue weighted by molar-refractivity contribution is -0.385. The molecular weight excluding hydrogens is 370 g/mol. The van der Waals surface area contributed by atoms with Crippen molar-refractivity contribution in [3.8, 4) is 0 Å². The predicted octanol–water partition coefficient (Wildman–Crippen LogP) is 3.76. The minimum atomic E-state index is -0.773. The number of likely N-dealkylation sites (N-methyl/N-ethyl adjacent to an activating group) is 1. The van der Waals surface area contributed by atoms with Crippen LogP contribution in [0.5, 0.6) is 0 Å². The van der Waals surface area contributed by atoms with Crippen LogP contribution >= 0.6 is 11.6 Å². The van der Waals surface area contributed by atoms with Crippen LogP contribution in [-0.4, -0.2) is 30.3 Å². The number of amides is 2. The van der Waals surface area contributed by atoms with E-state index >= 15 is 0 Å². The fraction of sp³-hybridized carbons (Fsp3) is 0.263. The summed E-state index contributed by atoms with van der Waals surface area (Å²) in [6, 6.07) is 11.5. The van der Waals surface area contributed by atoms with Gasteiger partial charge in [-0.15, -0.1) is 0 Å². The summed E-state index contributed by atoms with van der Waals surface area (Å²) in [5, 5.41) is 13.4. The largest absolute Gasteiger partial charge is 0.343 e. The number of nitrogens with one attached hydrogen (secondary N) is 1. The molecule has 0 unspecified atom stereocenters. The van der Waals surface area contributed by atoms with Gasteiger partial charge in [0.05, 0.1) is 16.5 Å². The zero-order chi connectivity index (χ0) is 20.1. The average Bonchev–Trinajstić information content (AvgIpc) is 2.64. The van der Waals surface area contributed by atoms with Crippen molar-refractivity contribution in [2.24, 2.45) is 0 Å². The first-order chi connectivity index (χ1) is 12.7. The summed E-state index contributed by atoms with van der Waals surface area (Å²) < 4.78 is 0. The molecule has 8 heteroatoms. The first-order valence-corrected chi connectivity index (χ1v) is 8.67. The summed E-state index contributed by atoms with van der Waals surface area (Å²) in [6.07, 6.45) is 0. The second-order valence-electron chi connectivity index (χ2n) is 6.28. The van der Waals surface area contributed by atoms with E-state index in [1.54, 1.807) is 13.1 Å². The van der Waals surface area contributed by atoms with Crippen LogP contribution in [0.15, 0.2) is 42.5 Å². The predicted molar refractivity (Wildman–Crippen MR) is 104 cm³/mol. The van der Waals surface area contributed by atoms with Gasteiger partial charge in [-0.2, -0.15) is 0 Å². The zero-order valence-corrected chi connectivity index (χ0v) is 16.0. The van der Waals surface area contributed by atoms with Gasteiger partial charge in [-0.1, -0.05) is 43.6 Å². The lowest BCUT2D eigenvalue weighted by atomic mass is 10.0. The molecule has 0 fully saturated rings. The summed E-state index contributed by atoms with van der Waals surface area (Å²) >= 11 is 5.93. The highest BCUT2D eigenvalue weighted by atomic mass is 35.5. The van der Waals surface area contributed by atoms with Gasteiger partial charge in [-0.05, 0) is 29.7 Å². The van der Waals surface area contributed by atoms with Crippen LogP contribution in [0.2, 0.25) is 5.02 Å². The fourth-order valence-electron chi connectivity index (χ4n) is 2.49. The van der Waals surface area contributed by atoms with Crippen LogP contribution in [0, 0.1) is 10.1 Å². The van der Waals surface area contributed by atoms with Gasteiger partial charge < -0.3 is 10.2 Å². The monoisotopic (exact) mass is 389 g/mol.